The smallest absolute Gasteiger partial charge is 0.0331 e. The minimum atomic E-state index is 0.325. The topological polar surface area (TPSA) is 29.3 Å². The van der Waals surface area contributed by atoms with Gasteiger partial charge in [0, 0.05) is 12.1 Å². The number of likely N-dealkylation sites (N-methyl/N-ethyl adjacent to an activating group) is 1. The van der Waals surface area contributed by atoms with Crippen LogP contribution in [0, 0.1) is 5.92 Å². The molecule has 0 bridgehead atoms. The van der Waals surface area contributed by atoms with E-state index in [1.165, 1.54) is 77.3 Å². The van der Waals surface area contributed by atoms with Crippen molar-refractivity contribution in [3.8, 4) is 0 Å². The molecule has 0 aromatic heterocycles. The summed E-state index contributed by atoms with van der Waals surface area (Å²) in [6, 6.07) is 0. The first-order chi connectivity index (χ1) is 9.72. The molecule has 0 saturated heterocycles. The maximum absolute atomic E-state index is 6.21. The zero-order valence-electron chi connectivity index (χ0n) is 14.3. The fraction of sp³-hybridized carbons (Fsp3) is 1.00. The molecular formula is C18H38N2. The highest BCUT2D eigenvalue weighted by atomic mass is 15.2. The number of hydrogen-bond donors (Lipinski definition) is 1. The first kappa shape index (κ1) is 18.0. The molecule has 0 radical (unpaired) electrons. The van der Waals surface area contributed by atoms with Gasteiger partial charge in [0.25, 0.3) is 0 Å². The lowest BCUT2D eigenvalue weighted by Crippen LogP contribution is -2.56. The summed E-state index contributed by atoms with van der Waals surface area (Å²) < 4.78 is 0. The van der Waals surface area contributed by atoms with E-state index in [9.17, 15) is 0 Å². The SMILES string of the molecule is CCCCCCCN(CC)C1(CN)CCC(CC)CC1. The Hall–Kier alpha value is -0.0800. The van der Waals surface area contributed by atoms with Crippen LogP contribution in [0.1, 0.15) is 85.0 Å². The second-order valence-electron chi connectivity index (χ2n) is 6.77. The van der Waals surface area contributed by atoms with Crippen molar-refractivity contribution in [2.75, 3.05) is 19.6 Å². The summed E-state index contributed by atoms with van der Waals surface area (Å²) in [6.07, 6.45) is 13.7. The van der Waals surface area contributed by atoms with E-state index in [2.05, 4.69) is 25.7 Å². The van der Waals surface area contributed by atoms with Crippen molar-refractivity contribution >= 4 is 0 Å². The maximum atomic E-state index is 6.21. The van der Waals surface area contributed by atoms with Crippen LogP contribution in [-0.2, 0) is 0 Å². The van der Waals surface area contributed by atoms with Gasteiger partial charge in [-0.15, -0.1) is 0 Å². The van der Waals surface area contributed by atoms with E-state index < -0.39 is 0 Å². The summed E-state index contributed by atoms with van der Waals surface area (Å²) in [6.45, 7) is 10.2. The van der Waals surface area contributed by atoms with Gasteiger partial charge in [-0.3, -0.25) is 4.90 Å². The molecule has 1 aliphatic carbocycles. The van der Waals surface area contributed by atoms with Gasteiger partial charge in [0.2, 0.25) is 0 Å². The van der Waals surface area contributed by atoms with Crippen LogP contribution in [0.4, 0.5) is 0 Å². The van der Waals surface area contributed by atoms with Crippen molar-refractivity contribution in [2.45, 2.75) is 90.5 Å². The fourth-order valence-corrected chi connectivity index (χ4v) is 3.91. The Bertz CT molecular complexity index is 232. The first-order valence-electron chi connectivity index (χ1n) is 9.17. The number of hydrogen-bond acceptors (Lipinski definition) is 2. The van der Waals surface area contributed by atoms with E-state index in [4.69, 9.17) is 5.73 Å². The van der Waals surface area contributed by atoms with Crippen molar-refractivity contribution in [3.63, 3.8) is 0 Å². The minimum absolute atomic E-state index is 0.325. The molecule has 0 amide bonds. The summed E-state index contributed by atoms with van der Waals surface area (Å²) in [5.74, 6) is 0.956. The van der Waals surface area contributed by atoms with Gasteiger partial charge in [-0.25, -0.2) is 0 Å². The number of rotatable bonds is 10. The lowest BCUT2D eigenvalue weighted by atomic mass is 9.74. The molecule has 2 N–H and O–H groups in total. The highest BCUT2D eigenvalue weighted by Gasteiger charge is 2.37. The molecular weight excluding hydrogens is 244 g/mol. The Morgan fingerprint density at radius 2 is 1.65 bits per heavy atom. The Kier molecular flexibility index (Phi) is 8.79. The second kappa shape index (κ2) is 9.78. The predicted octanol–water partition coefficient (Wildman–Crippen LogP) is 4.58. The highest BCUT2D eigenvalue weighted by molar-refractivity contribution is 4.95. The molecule has 0 aliphatic heterocycles. The summed E-state index contributed by atoms with van der Waals surface area (Å²) >= 11 is 0. The summed E-state index contributed by atoms with van der Waals surface area (Å²) in [4.78, 5) is 2.71. The summed E-state index contributed by atoms with van der Waals surface area (Å²) in [7, 11) is 0. The standard InChI is InChI=1S/C18H38N2/c1-4-7-8-9-10-15-20(6-3)18(16-19)13-11-17(5-2)12-14-18/h17H,4-16,19H2,1-3H3. The maximum Gasteiger partial charge on any atom is 0.0331 e. The molecule has 2 heteroatoms. The van der Waals surface area contributed by atoms with Gasteiger partial charge in [0.1, 0.15) is 0 Å². The van der Waals surface area contributed by atoms with Gasteiger partial charge in [-0.2, -0.15) is 0 Å². The Labute approximate surface area is 127 Å². The number of nitrogens with zero attached hydrogens (tertiary/aromatic N) is 1. The largest absolute Gasteiger partial charge is 0.329 e. The lowest BCUT2D eigenvalue weighted by Gasteiger charge is -2.47. The van der Waals surface area contributed by atoms with Crippen LogP contribution < -0.4 is 5.73 Å². The van der Waals surface area contributed by atoms with E-state index in [1.54, 1.807) is 0 Å². The van der Waals surface area contributed by atoms with Crippen molar-refractivity contribution in [1.29, 1.82) is 0 Å². The molecule has 2 nitrogen and oxygen atoms in total. The van der Waals surface area contributed by atoms with Crippen LogP contribution in [0.2, 0.25) is 0 Å². The molecule has 120 valence electrons. The van der Waals surface area contributed by atoms with Crippen LogP contribution >= 0.6 is 0 Å². The van der Waals surface area contributed by atoms with Gasteiger partial charge < -0.3 is 5.73 Å². The van der Waals surface area contributed by atoms with Gasteiger partial charge >= 0.3 is 0 Å². The molecule has 0 atom stereocenters. The molecule has 1 rings (SSSR count). The third-order valence-electron chi connectivity index (χ3n) is 5.58. The van der Waals surface area contributed by atoms with Gasteiger partial charge in [-0.1, -0.05) is 52.9 Å². The van der Waals surface area contributed by atoms with E-state index in [0.29, 0.717) is 5.54 Å². The Morgan fingerprint density at radius 1 is 1.00 bits per heavy atom. The minimum Gasteiger partial charge on any atom is -0.329 e. The molecule has 0 aromatic rings. The van der Waals surface area contributed by atoms with Crippen molar-refractivity contribution in [2.24, 2.45) is 11.7 Å². The van der Waals surface area contributed by atoms with E-state index >= 15 is 0 Å². The van der Waals surface area contributed by atoms with Crippen LogP contribution in [-0.4, -0.2) is 30.1 Å². The zero-order chi connectivity index (χ0) is 14.8. The monoisotopic (exact) mass is 282 g/mol. The highest BCUT2D eigenvalue weighted by Crippen LogP contribution is 2.37. The molecule has 1 aliphatic rings. The Morgan fingerprint density at radius 3 is 2.15 bits per heavy atom. The molecule has 1 saturated carbocycles. The van der Waals surface area contributed by atoms with Crippen molar-refractivity contribution in [1.82, 2.24) is 4.90 Å². The molecule has 0 aromatic carbocycles. The molecule has 0 unspecified atom stereocenters. The van der Waals surface area contributed by atoms with Crippen molar-refractivity contribution < 1.29 is 0 Å². The van der Waals surface area contributed by atoms with Crippen LogP contribution in [0.15, 0.2) is 0 Å². The van der Waals surface area contributed by atoms with E-state index in [-0.39, 0.29) is 0 Å². The molecule has 20 heavy (non-hydrogen) atoms. The third kappa shape index (κ3) is 5.04. The second-order valence-corrected chi connectivity index (χ2v) is 6.77. The van der Waals surface area contributed by atoms with E-state index in [0.717, 1.165) is 12.5 Å². The van der Waals surface area contributed by atoms with Gasteiger partial charge in [-0.05, 0) is 51.1 Å². The quantitative estimate of drug-likeness (QED) is 0.594. The van der Waals surface area contributed by atoms with E-state index in [1.807, 2.05) is 0 Å². The molecule has 0 spiro atoms. The summed E-state index contributed by atoms with van der Waals surface area (Å²) in [5, 5.41) is 0. The third-order valence-corrected chi connectivity index (χ3v) is 5.58. The number of nitrogens with two attached hydrogens (primary N) is 1. The predicted molar refractivity (Wildman–Crippen MR) is 90.0 cm³/mol. The van der Waals surface area contributed by atoms with Crippen LogP contribution in [0.5, 0.6) is 0 Å². The Balaban J connectivity index is 2.43. The van der Waals surface area contributed by atoms with Crippen molar-refractivity contribution in [3.05, 3.63) is 0 Å². The average Bonchev–Trinajstić information content (AvgIpc) is 2.51. The first-order valence-corrected chi connectivity index (χ1v) is 9.17. The normalized spacial score (nSPS) is 27.1. The lowest BCUT2D eigenvalue weighted by molar-refractivity contribution is 0.0443. The summed E-state index contributed by atoms with van der Waals surface area (Å²) in [5.41, 5.74) is 6.54. The molecule has 1 fully saturated rings. The van der Waals surface area contributed by atoms with Crippen LogP contribution in [0.3, 0.4) is 0 Å². The average molecular weight is 283 g/mol. The zero-order valence-corrected chi connectivity index (χ0v) is 14.3. The van der Waals surface area contributed by atoms with Gasteiger partial charge in [0.15, 0.2) is 0 Å². The molecule has 0 heterocycles. The fourth-order valence-electron chi connectivity index (χ4n) is 3.91. The number of unbranched alkanes of at least 4 members (excludes halogenated alkanes) is 4. The van der Waals surface area contributed by atoms with Gasteiger partial charge in [0.05, 0.1) is 0 Å². The van der Waals surface area contributed by atoms with Crippen LogP contribution in [0.25, 0.3) is 0 Å².